The van der Waals surface area contributed by atoms with Crippen molar-refractivity contribution in [2.45, 2.75) is 38.9 Å². The topological polar surface area (TPSA) is 72.8 Å². The molecule has 19 heavy (non-hydrogen) atoms. The van der Waals surface area contributed by atoms with Gasteiger partial charge in [0.25, 0.3) is 0 Å². The predicted octanol–water partition coefficient (Wildman–Crippen LogP) is 2.28. The van der Waals surface area contributed by atoms with Crippen molar-refractivity contribution in [3.05, 3.63) is 23.8 Å². The number of carbonyl (C=O) groups is 2. The largest absolute Gasteiger partial charge is 0.486 e. The van der Waals surface area contributed by atoms with E-state index in [4.69, 9.17) is 14.6 Å². The van der Waals surface area contributed by atoms with Crippen LogP contribution in [-0.4, -0.2) is 28.6 Å². The quantitative estimate of drug-likeness (QED) is 0.906. The highest BCUT2D eigenvalue weighted by Gasteiger charge is 2.32. The third-order valence-electron chi connectivity index (χ3n) is 2.89. The predicted molar refractivity (Wildman–Crippen MR) is 67.8 cm³/mol. The molecule has 5 heteroatoms. The first-order valence-electron chi connectivity index (χ1n) is 6.04. The van der Waals surface area contributed by atoms with Gasteiger partial charge in [-0.2, -0.15) is 0 Å². The van der Waals surface area contributed by atoms with Gasteiger partial charge < -0.3 is 14.6 Å². The van der Waals surface area contributed by atoms with Crippen LogP contribution in [0.3, 0.4) is 0 Å². The molecule has 0 amide bonds. The van der Waals surface area contributed by atoms with Gasteiger partial charge in [0.15, 0.2) is 11.9 Å². The number of carboxylic acid groups (broad SMARTS) is 1. The highest BCUT2D eigenvalue weighted by molar-refractivity contribution is 6.00. The molecule has 0 aromatic heterocycles. The number of hydrogen-bond acceptors (Lipinski definition) is 4. The minimum atomic E-state index is -1.05. The molecular weight excluding hydrogens is 248 g/mol. The van der Waals surface area contributed by atoms with Crippen LogP contribution >= 0.6 is 0 Å². The Morgan fingerprint density at radius 3 is 2.79 bits per heavy atom. The molecule has 0 saturated heterocycles. The molecule has 1 atom stereocenters. The molecule has 1 heterocycles. The van der Waals surface area contributed by atoms with Crippen molar-refractivity contribution in [1.29, 1.82) is 0 Å². The second-order valence-corrected chi connectivity index (χ2v) is 5.22. The van der Waals surface area contributed by atoms with Crippen molar-refractivity contribution in [2.75, 3.05) is 0 Å². The van der Waals surface area contributed by atoms with E-state index in [2.05, 4.69) is 0 Å². The Morgan fingerprint density at radius 1 is 1.47 bits per heavy atom. The van der Waals surface area contributed by atoms with Gasteiger partial charge in [0.05, 0.1) is 12.0 Å². The van der Waals surface area contributed by atoms with Gasteiger partial charge in [0.2, 0.25) is 0 Å². The number of Topliss-reactive ketones (excluding diaryl/α,β-unsaturated/α-hetero) is 1. The third kappa shape index (κ3) is 2.86. The zero-order chi connectivity index (χ0) is 14.2. The summed E-state index contributed by atoms with van der Waals surface area (Å²) in [7, 11) is 0. The number of benzene rings is 1. The number of aliphatic carboxylic acids is 1. The highest BCUT2D eigenvalue weighted by Crippen LogP contribution is 2.35. The Bertz CT molecular complexity index is 533. The monoisotopic (exact) mass is 264 g/mol. The summed E-state index contributed by atoms with van der Waals surface area (Å²) in [6.45, 7) is 5.11. The lowest BCUT2D eigenvalue weighted by molar-refractivity contribution is -0.144. The summed E-state index contributed by atoms with van der Waals surface area (Å²) in [6.07, 6.45) is -0.628. The molecule has 1 aliphatic rings. The van der Waals surface area contributed by atoms with Crippen molar-refractivity contribution in [3.8, 4) is 11.5 Å². The molecule has 0 aliphatic carbocycles. The Morgan fingerprint density at radius 2 is 2.16 bits per heavy atom. The van der Waals surface area contributed by atoms with Gasteiger partial charge in [-0.1, -0.05) is 0 Å². The van der Waals surface area contributed by atoms with Gasteiger partial charge in [-0.3, -0.25) is 4.79 Å². The highest BCUT2D eigenvalue weighted by atomic mass is 16.5. The van der Waals surface area contributed by atoms with Crippen molar-refractivity contribution < 1.29 is 24.2 Å². The minimum Gasteiger partial charge on any atom is -0.486 e. The fourth-order valence-corrected chi connectivity index (χ4v) is 1.96. The molecule has 1 aromatic rings. The Kier molecular flexibility index (Phi) is 3.22. The fourth-order valence-electron chi connectivity index (χ4n) is 1.96. The van der Waals surface area contributed by atoms with Crippen LogP contribution in [-0.2, 0) is 4.79 Å². The smallest absolute Gasteiger partial charge is 0.344 e. The molecule has 1 N–H and O–H groups in total. The Hall–Kier alpha value is -2.04. The van der Waals surface area contributed by atoms with Crippen LogP contribution in [0.15, 0.2) is 18.2 Å². The summed E-state index contributed by atoms with van der Waals surface area (Å²) < 4.78 is 11.0. The van der Waals surface area contributed by atoms with Crippen molar-refractivity contribution in [3.63, 3.8) is 0 Å². The maximum atomic E-state index is 11.9. The van der Waals surface area contributed by atoms with E-state index in [0.717, 1.165) is 0 Å². The summed E-state index contributed by atoms with van der Waals surface area (Å²) in [5, 5.41) is 8.80. The summed E-state index contributed by atoms with van der Waals surface area (Å²) >= 11 is 0. The number of fused-ring (bicyclic) bond motifs is 1. The normalized spacial score (nSPS) is 18.2. The molecule has 1 unspecified atom stereocenters. The Balaban J connectivity index is 2.28. The molecule has 102 valence electrons. The summed E-state index contributed by atoms with van der Waals surface area (Å²) in [5.74, 6) is -0.213. The molecule has 5 nitrogen and oxygen atoms in total. The average molecular weight is 264 g/mol. The van der Waals surface area contributed by atoms with Crippen molar-refractivity contribution >= 4 is 11.8 Å². The van der Waals surface area contributed by atoms with E-state index in [1.807, 2.05) is 13.8 Å². The van der Waals surface area contributed by atoms with Crippen molar-refractivity contribution in [2.24, 2.45) is 0 Å². The number of rotatable bonds is 3. The van der Waals surface area contributed by atoms with Gasteiger partial charge >= 0.3 is 5.97 Å². The molecule has 0 spiro atoms. The maximum Gasteiger partial charge on any atom is 0.344 e. The molecule has 0 fully saturated rings. The second-order valence-electron chi connectivity index (χ2n) is 5.22. The standard InChI is InChI=1S/C14H16O5/c1-8(13(16)17)18-9-4-5-10-11(15)7-14(2,3)19-12(10)6-9/h4-6,8H,7H2,1-3H3,(H,16,17). The third-order valence-corrected chi connectivity index (χ3v) is 2.89. The van der Waals surface area contributed by atoms with Gasteiger partial charge in [0, 0.05) is 6.07 Å². The van der Waals surface area contributed by atoms with Crippen LogP contribution in [0.2, 0.25) is 0 Å². The van der Waals surface area contributed by atoms with Gasteiger partial charge in [0.1, 0.15) is 17.1 Å². The minimum absolute atomic E-state index is 0.0177. The van der Waals surface area contributed by atoms with E-state index in [-0.39, 0.29) is 5.78 Å². The molecule has 1 aliphatic heterocycles. The van der Waals surface area contributed by atoms with Crippen LogP contribution in [0, 0.1) is 0 Å². The fraction of sp³-hybridized carbons (Fsp3) is 0.429. The van der Waals surface area contributed by atoms with Gasteiger partial charge in [-0.05, 0) is 32.9 Å². The van der Waals surface area contributed by atoms with Gasteiger partial charge in [-0.15, -0.1) is 0 Å². The molecule has 0 bridgehead atoms. The zero-order valence-electron chi connectivity index (χ0n) is 11.1. The van der Waals surface area contributed by atoms with E-state index in [1.54, 1.807) is 18.2 Å². The number of hydrogen-bond donors (Lipinski definition) is 1. The van der Waals surface area contributed by atoms with Crippen molar-refractivity contribution in [1.82, 2.24) is 0 Å². The van der Waals surface area contributed by atoms with Crippen LogP contribution in [0.5, 0.6) is 11.5 Å². The summed E-state index contributed by atoms with van der Waals surface area (Å²) in [5.41, 5.74) is -0.0455. The van der Waals surface area contributed by atoms with Crippen LogP contribution < -0.4 is 9.47 Å². The van der Waals surface area contributed by atoms with E-state index in [9.17, 15) is 9.59 Å². The summed E-state index contributed by atoms with van der Waals surface area (Å²) in [4.78, 5) is 22.7. The second kappa shape index (κ2) is 4.57. The number of carboxylic acids is 1. The zero-order valence-corrected chi connectivity index (χ0v) is 11.1. The molecule has 1 aromatic carbocycles. The lowest BCUT2D eigenvalue weighted by Gasteiger charge is -2.31. The van der Waals surface area contributed by atoms with E-state index in [1.165, 1.54) is 6.92 Å². The van der Waals surface area contributed by atoms with E-state index < -0.39 is 17.7 Å². The van der Waals surface area contributed by atoms with Crippen LogP contribution in [0.25, 0.3) is 0 Å². The SMILES string of the molecule is CC(Oc1ccc2c(c1)OC(C)(C)CC2=O)C(=O)O. The summed E-state index contributed by atoms with van der Waals surface area (Å²) in [6, 6.07) is 4.75. The number of carbonyl (C=O) groups excluding carboxylic acids is 1. The first-order chi connectivity index (χ1) is 8.78. The first kappa shape index (κ1) is 13.4. The molecular formula is C14H16O5. The first-order valence-corrected chi connectivity index (χ1v) is 6.04. The average Bonchev–Trinajstić information content (AvgIpc) is 2.26. The van der Waals surface area contributed by atoms with E-state index >= 15 is 0 Å². The van der Waals surface area contributed by atoms with Gasteiger partial charge in [-0.25, -0.2) is 4.79 Å². The van der Waals surface area contributed by atoms with Crippen LogP contribution in [0.4, 0.5) is 0 Å². The number of ketones is 1. The lowest BCUT2D eigenvalue weighted by atomic mass is 9.93. The number of ether oxygens (including phenoxy) is 2. The molecule has 0 radical (unpaired) electrons. The molecule has 0 saturated carbocycles. The van der Waals surface area contributed by atoms with Crippen LogP contribution in [0.1, 0.15) is 37.6 Å². The lowest BCUT2D eigenvalue weighted by Crippen LogP contribution is -2.35. The molecule has 2 rings (SSSR count). The maximum absolute atomic E-state index is 11.9. The van der Waals surface area contributed by atoms with E-state index in [0.29, 0.717) is 23.5 Å². The Labute approximate surface area is 111 Å².